The molecule has 2 rings (SSSR count). The van der Waals surface area contributed by atoms with E-state index >= 15 is 0 Å². The summed E-state index contributed by atoms with van der Waals surface area (Å²) in [6, 6.07) is 11.3. The molecule has 0 saturated heterocycles. The number of pyridine rings is 1. The molecule has 2 N–H and O–H groups in total. The Balaban J connectivity index is 0.00000364. The molecule has 6 nitrogen and oxygen atoms in total. The molecular weight excluding hydrogens is 455 g/mol. The maximum absolute atomic E-state index is 5.81. The Kier molecular flexibility index (Phi) is 10.9. The molecule has 0 saturated carbocycles. The second-order valence-electron chi connectivity index (χ2n) is 5.37. The van der Waals surface area contributed by atoms with Crippen molar-refractivity contribution in [2.75, 3.05) is 19.7 Å². The number of aromatic nitrogens is 1. The summed E-state index contributed by atoms with van der Waals surface area (Å²) < 4.78 is 11.2. The third-order valence-electron chi connectivity index (χ3n) is 3.33. The van der Waals surface area contributed by atoms with Gasteiger partial charge in [0, 0.05) is 25.4 Å². The summed E-state index contributed by atoms with van der Waals surface area (Å²) in [7, 11) is 0. The zero-order chi connectivity index (χ0) is 18.6. The van der Waals surface area contributed by atoms with Gasteiger partial charge >= 0.3 is 0 Å². The van der Waals surface area contributed by atoms with Gasteiger partial charge in [0.15, 0.2) is 5.96 Å². The van der Waals surface area contributed by atoms with Gasteiger partial charge in [0.25, 0.3) is 0 Å². The lowest BCUT2D eigenvalue weighted by Crippen LogP contribution is -2.37. The van der Waals surface area contributed by atoms with E-state index < -0.39 is 0 Å². The fourth-order valence-corrected chi connectivity index (χ4v) is 2.18. The van der Waals surface area contributed by atoms with E-state index in [0.29, 0.717) is 31.3 Å². The van der Waals surface area contributed by atoms with Crippen LogP contribution in [0.25, 0.3) is 0 Å². The van der Waals surface area contributed by atoms with Crippen molar-refractivity contribution in [2.45, 2.75) is 20.4 Å². The molecular formula is C20H27IN4O2. The third kappa shape index (κ3) is 8.29. The van der Waals surface area contributed by atoms with Crippen LogP contribution < -0.4 is 20.1 Å². The van der Waals surface area contributed by atoms with Crippen molar-refractivity contribution < 1.29 is 9.47 Å². The molecule has 7 heteroatoms. The maximum atomic E-state index is 5.81. The first-order valence-corrected chi connectivity index (χ1v) is 8.73. The lowest BCUT2D eigenvalue weighted by molar-refractivity contribution is 0.339. The average molecular weight is 482 g/mol. The van der Waals surface area contributed by atoms with Crippen molar-refractivity contribution >= 4 is 29.9 Å². The van der Waals surface area contributed by atoms with E-state index in [2.05, 4.69) is 27.2 Å². The van der Waals surface area contributed by atoms with E-state index in [1.54, 1.807) is 12.3 Å². The molecule has 0 aliphatic carbocycles. The van der Waals surface area contributed by atoms with Crippen LogP contribution in [-0.4, -0.2) is 30.6 Å². The highest BCUT2D eigenvalue weighted by atomic mass is 127. The van der Waals surface area contributed by atoms with Gasteiger partial charge in [-0.2, -0.15) is 0 Å². The second-order valence-corrected chi connectivity index (χ2v) is 5.37. The monoisotopic (exact) mass is 482 g/mol. The van der Waals surface area contributed by atoms with E-state index in [1.807, 2.05) is 50.2 Å². The minimum Gasteiger partial charge on any atom is -0.494 e. The van der Waals surface area contributed by atoms with Crippen LogP contribution in [0.1, 0.15) is 19.4 Å². The smallest absolute Gasteiger partial charge is 0.219 e. The molecule has 0 amide bonds. The molecule has 146 valence electrons. The first-order chi connectivity index (χ1) is 12.7. The van der Waals surface area contributed by atoms with E-state index in [1.165, 1.54) is 0 Å². The van der Waals surface area contributed by atoms with Crippen LogP contribution in [0.4, 0.5) is 0 Å². The van der Waals surface area contributed by atoms with Crippen LogP contribution in [0.5, 0.6) is 17.4 Å². The molecule has 0 spiro atoms. The number of hydrogen-bond acceptors (Lipinski definition) is 4. The lowest BCUT2D eigenvalue weighted by Gasteiger charge is -2.10. The number of guanidine groups is 1. The van der Waals surface area contributed by atoms with E-state index in [4.69, 9.17) is 9.47 Å². The van der Waals surface area contributed by atoms with Gasteiger partial charge in [-0.05, 0) is 49.7 Å². The van der Waals surface area contributed by atoms with Crippen LogP contribution in [0.2, 0.25) is 0 Å². The summed E-state index contributed by atoms with van der Waals surface area (Å²) in [5.74, 6) is 2.81. The fourth-order valence-electron chi connectivity index (χ4n) is 2.18. The van der Waals surface area contributed by atoms with Gasteiger partial charge in [0.1, 0.15) is 11.5 Å². The summed E-state index contributed by atoms with van der Waals surface area (Å²) in [6.07, 6.45) is 3.51. The van der Waals surface area contributed by atoms with Crippen LogP contribution in [0.15, 0.2) is 60.2 Å². The maximum Gasteiger partial charge on any atom is 0.219 e. The molecule has 0 atom stereocenters. The third-order valence-corrected chi connectivity index (χ3v) is 3.33. The SMILES string of the molecule is C=CCNC(=NCc1ccnc(Oc2ccc(OCC)cc2)c1)NCC.I. The summed E-state index contributed by atoms with van der Waals surface area (Å²) in [4.78, 5) is 8.81. The van der Waals surface area contributed by atoms with Crippen LogP contribution in [-0.2, 0) is 6.54 Å². The number of aliphatic imine (C=N–C) groups is 1. The van der Waals surface area contributed by atoms with Crippen molar-refractivity contribution in [1.29, 1.82) is 0 Å². The van der Waals surface area contributed by atoms with Gasteiger partial charge in [0.05, 0.1) is 13.2 Å². The summed E-state index contributed by atoms with van der Waals surface area (Å²) in [5, 5.41) is 6.36. The Labute approximate surface area is 178 Å². The Hall–Kier alpha value is -2.29. The first kappa shape index (κ1) is 22.8. The molecule has 2 aromatic rings. The minimum absolute atomic E-state index is 0. The van der Waals surface area contributed by atoms with Gasteiger partial charge in [-0.25, -0.2) is 9.98 Å². The Morgan fingerprint density at radius 2 is 1.89 bits per heavy atom. The number of nitrogens with one attached hydrogen (secondary N) is 2. The van der Waals surface area contributed by atoms with E-state index in [-0.39, 0.29) is 24.0 Å². The lowest BCUT2D eigenvalue weighted by atomic mass is 10.2. The Morgan fingerprint density at radius 3 is 2.56 bits per heavy atom. The zero-order valence-corrected chi connectivity index (χ0v) is 18.1. The summed E-state index contributed by atoms with van der Waals surface area (Å²) >= 11 is 0. The number of ether oxygens (including phenoxy) is 2. The molecule has 27 heavy (non-hydrogen) atoms. The fraction of sp³-hybridized carbons (Fsp3) is 0.300. The van der Waals surface area contributed by atoms with Gasteiger partial charge in [-0.3, -0.25) is 0 Å². The summed E-state index contributed by atoms with van der Waals surface area (Å²) in [6.45, 7) is 10.3. The van der Waals surface area contributed by atoms with Gasteiger partial charge < -0.3 is 20.1 Å². The van der Waals surface area contributed by atoms with Crippen molar-refractivity contribution in [2.24, 2.45) is 4.99 Å². The minimum atomic E-state index is 0. The molecule has 0 fully saturated rings. The van der Waals surface area contributed by atoms with E-state index in [0.717, 1.165) is 23.8 Å². The predicted molar refractivity (Wildman–Crippen MR) is 120 cm³/mol. The first-order valence-electron chi connectivity index (χ1n) is 8.73. The van der Waals surface area contributed by atoms with Crippen LogP contribution in [0.3, 0.4) is 0 Å². The average Bonchev–Trinajstić information content (AvgIpc) is 2.66. The molecule has 1 aromatic heterocycles. The van der Waals surface area contributed by atoms with Crippen LogP contribution in [0, 0.1) is 0 Å². The molecule has 1 heterocycles. The molecule has 0 radical (unpaired) electrons. The number of halogens is 1. The van der Waals surface area contributed by atoms with E-state index in [9.17, 15) is 0 Å². The van der Waals surface area contributed by atoms with Gasteiger partial charge in [-0.15, -0.1) is 30.6 Å². The van der Waals surface area contributed by atoms with Crippen molar-refractivity contribution in [1.82, 2.24) is 15.6 Å². The largest absolute Gasteiger partial charge is 0.494 e. The number of benzene rings is 1. The van der Waals surface area contributed by atoms with Crippen molar-refractivity contribution in [3.8, 4) is 17.4 Å². The Morgan fingerprint density at radius 1 is 1.15 bits per heavy atom. The zero-order valence-electron chi connectivity index (χ0n) is 15.8. The van der Waals surface area contributed by atoms with Crippen molar-refractivity contribution in [3.05, 3.63) is 60.8 Å². The molecule has 0 aliphatic rings. The molecule has 0 bridgehead atoms. The van der Waals surface area contributed by atoms with Crippen LogP contribution >= 0.6 is 24.0 Å². The highest BCUT2D eigenvalue weighted by Gasteiger charge is 2.02. The van der Waals surface area contributed by atoms with Gasteiger partial charge in [0.2, 0.25) is 5.88 Å². The normalized spacial score (nSPS) is 10.5. The number of rotatable bonds is 9. The number of hydrogen-bond donors (Lipinski definition) is 2. The quantitative estimate of drug-likeness (QED) is 0.244. The Bertz CT molecular complexity index is 720. The predicted octanol–water partition coefficient (Wildman–Crippen LogP) is 4.13. The summed E-state index contributed by atoms with van der Waals surface area (Å²) in [5.41, 5.74) is 1.01. The second kappa shape index (κ2) is 13.0. The number of nitrogens with zero attached hydrogens (tertiary/aromatic N) is 2. The van der Waals surface area contributed by atoms with Crippen molar-refractivity contribution in [3.63, 3.8) is 0 Å². The highest BCUT2D eigenvalue weighted by molar-refractivity contribution is 14.0. The standard InChI is InChI=1S/C20H26N4O2.HI/c1-4-12-23-20(21-5-2)24-15-16-11-13-22-19(14-16)26-18-9-7-17(8-10-18)25-6-3;/h4,7-11,13-14H,1,5-6,12,15H2,2-3H3,(H2,21,23,24);1H. The molecule has 1 aromatic carbocycles. The molecule has 0 unspecified atom stereocenters. The molecule has 0 aliphatic heterocycles. The topological polar surface area (TPSA) is 67.8 Å². The highest BCUT2D eigenvalue weighted by Crippen LogP contribution is 2.23. The van der Waals surface area contributed by atoms with Gasteiger partial charge in [-0.1, -0.05) is 6.08 Å².